The Bertz CT molecular complexity index is 497. The van der Waals surface area contributed by atoms with Crippen LogP contribution in [0.4, 0.5) is 5.69 Å². The minimum Gasteiger partial charge on any atom is -0.324 e. The monoisotopic (exact) mass is 338 g/mol. The van der Waals surface area contributed by atoms with Gasteiger partial charge in [-0.25, -0.2) is 0 Å². The van der Waals surface area contributed by atoms with Crippen molar-refractivity contribution in [3.63, 3.8) is 0 Å². The van der Waals surface area contributed by atoms with E-state index >= 15 is 0 Å². The van der Waals surface area contributed by atoms with Crippen molar-refractivity contribution in [2.75, 3.05) is 25.0 Å². The number of nitrogens with zero attached hydrogens (tertiary/aromatic N) is 1. The largest absolute Gasteiger partial charge is 0.324 e. The number of hydrogen-bond donors (Lipinski definition) is 1. The van der Waals surface area contributed by atoms with Gasteiger partial charge >= 0.3 is 0 Å². The molecule has 1 heterocycles. The van der Waals surface area contributed by atoms with Crippen molar-refractivity contribution < 1.29 is 9.59 Å². The summed E-state index contributed by atoms with van der Waals surface area (Å²) in [6.45, 7) is 4.01. The Kier molecular flexibility index (Phi) is 5.31. The summed E-state index contributed by atoms with van der Waals surface area (Å²) in [6.07, 6.45) is 2.73. The van der Waals surface area contributed by atoms with Crippen molar-refractivity contribution >= 4 is 33.8 Å². The minimum absolute atomic E-state index is 0.0147. The lowest BCUT2D eigenvalue weighted by Gasteiger charge is -2.28. The molecule has 1 aromatic carbocycles. The zero-order valence-electron chi connectivity index (χ0n) is 11.6. The van der Waals surface area contributed by atoms with Gasteiger partial charge in [0.1, 0.15) is 6.29 Å². The van der Waals surface area contributed by atoms with Gasteiger partial charge in [-0.1, -0.05) is 6.07 Å². The molecule has 5 heteroatoms. The van der Waals surface area contributed by atoms with Crippen LogP contribution in [0.5, 0.6) is 0 Å². The van der Waals surface area contributed by atoms with Crippen LogP contribution in [0.1, 0.15) is 18.4 Å². The highest BCUT2D eigenvalue weighted by Gasteiger charge is 2.20. The van der Waals surface area contributed by atoms with E-state index in [4.69, 9.17) is 0 Å². The minimum atomic E-state index is -0.0147. The molecule has 4 nitrogen and oxygen atoms in total. The lowest BCUT2D eigenvalue weighted by molar-refractivity contribution is -0.117. The quantitative estimate of drug-likeness (QED) is 0.858. The molecule has 0 radical (unpaired) electrons. The zero-order chi connectivity index (χ0) is 14.5. The van der Waals surface area contributed by atoms with Gasteiger partial charge in [0.05, 0.1) is 12.2 Å². The highest BCUT2D eigenvalue weighted by atomic mass is 79.9. The van der Waals surface area contributed by atoms with E-state index < -0.39 is 0 Å². The highest BCUT2D eigenvalue weighted by Crippen LogP contribution is 2.23. The van der Waals surface area contributed by atoms with Crippen molar-refractivity contribution in [1.82, 2.24) is 4.90 Å². The molecule has 1 aliphatic heterocycles. The van der Waals surface area contributed by atoms with Crippen LogP contribution in [-0.2, 0) is 9.59 Å². The molecular formula is C15H19BrN2O2. The van der Waals surface area contributed by atoms with E-state index in [1.54, 1.807) is 0 Å². The standard InChI is InChI=1S/C15H19BrN2O2/c1-11-2-3-14(13(16)8-11)17-15(20)9-18-6-4-12(10-19)5-7-18/h2-3,8,10,12H,4-7,9H2,1H3,(H,17,20). The van der Waals surface area contributed by atoms with Gasteiger partial charge in [0, 0.05) is 10.4 Å². The van der Waals surface area contributed by atoms with Crippen LogP contribution in [-0.4, -0.2) is 36.7 Å². The first kappa shape index (κ1) is 15.2. The first-order chi connectivity index (χ1) is 9.58. The molecule has 0 aliphatic carbocycles. The van der Waals surface area contributed by atoms with Gasteiger partial charge < -0.3 is 10.1 Å². The lowest BCUT2D eigenvalue weighted by Crippen LogP contribution is -2.39. The van der Waals surface area contributed by atoms with Crippen molar-refractivity contribution in [2.24, 2.45) is 5.92 Å². The van der Waals surface area contributed by atoms with Crippen molar-refractivity contribution in [3.8, 4) is 0 Å². The topological polar surface area (TPSA) is 49.4 Å². The SMILES string of the molecule is Cc1ccc(NC(=O)CN2CCC(C=O)CC2)c(Br)c1. The molecular weight excluding hydrogens is 320 g/mol. The van der Waals surface area contributed by atoms with Crippen LogP contribution in [0, 0.1) is 12.8 Å². The Morgan fingerprint density at radius 2 is 2.15 bits per heavy atom. The number of hydrogen-bond acceptors (Lipinski definition) is 3. The van der Waals surface area contributed by atoms with Gasteiger partial charge in [-0.05, 0) is 66.5 Å². The van der Waals surface area contributed by atoms with E-state index in [1.807, 2.05) is 25.1 Å². The molecule has 0 saturated carbocycles. The Balaban J connectivity index is 1.85. The second-order valence-electron chi connectivity index (χ2n) is 5.28. The second kappa shape index (κ2) is 6.99. The molecule has 0 bridgehead atoms. The molecule has 0 spiro atoms. The molecule has 0 unspecified atom stereocenters. The summed E-state index contributed by atoms with van der Waals surface area (Å²) in [4.78, 5) is 24.8. The number of carbonyl (C=O) groups excluding carboxylic acids is 2. The Morgan fingerprint density at radius 1 is 1.45 bits per heavy atom. The summed E-state index contributed by atoms with van der Waals surface area (Å²) in [5.74, 6) is 0.152. The molecule has 2 rings (SSSR count). The molecule has 1 aliphatic rings. The number of amides is 1. The third-order valence-electron chi connectivity index (χ3n) is 3.59. The van der Waals surface area contributed by atoms with Crippen molar-refractivity contribution in [1.29, 1.82) is 0 Å². The molecule has 108 valence electrons. The fourth-order valence-electron chi connectivity index (χ4n) is 2.36. The van der Waals surface area contributed by atoms with Crippen LogP contribution >= 0.6 is 15.9 Å². The number of piperidine rings is 1. The molecule has 1 saturated heterocycles. The molecule has 1 aromatic rings. The van der Waals surface area contributed by atoms with E-state index in [0.29, 0.717) is 6.54 Å². The van der Waals surface area contributed by atoms with Gasteiger partial charge in [-0.2, -0.15) is 0 Å². The fourth-order valence-corrected chi connectivity index (χ4v) is 2.95. The van der Waals surface area contributed by atoms with Crippen molar-refractivity contribution in [3.05, 3.63) is 28.2 Å². The van der Waals surface area contributed by atoms with Crippen LogP contribution in [0.3, 0.4) is 0 Å². The van der Waals surface area contributed by atoms with Crippen LogP contribution in [0.25, 0.3) is 0 Å². The maximum absolute atomic E-state index is 12.0. The van der Waals surface area contributed by atoms with E-state index in [2.05, 4.69) is 26.1 Å². The normalized spacial score (nSPS) is 16.9. The van der Waals surface area contributed by atoms with Gasteiger partial charge in [0.2, 0.25) is 5.91 Å². The third kappa shape index (κ3) is 4.15. The van der Waals surface area contributed by atoms with E-state index in [1.165, 1.54) is 0 Å². The number of aryl methyl sites for hydroxylation is 1. The fraction of sp³-hybridized carbons (Fsp3) is 0.467. The Morgan fingerprint density at radius 3 is 2.75 bits per heavy atom. The molecule has 20 heavy (non-hydrogen) atoms. The third-order valence-corrected chi connectivity index (χ3v) is 4.25. The van der Waals surface area contributed by atoms with Crippen LogP contribution < -0.4 is 5.32 Å². The van der Waals surface area contributed by atoms with E-state index in [-0.39, 0.29) is 11.8 Å². The summed E-state index contributed by atoms with van der Waals surface area (Å²) >= 11 is 3.45. The second-order valence-corrected chi connectivity index (χ2v) is 6.14. The first-order valence-corrected chi connectivity index (χ1v) is 7.61. The lowest BCUT2D eigenvalue weighted by atomic mass is 9.99. The average Bonchev–Trinajstić information content (AvgIpc) is 2.43. The number of halogens is 1. The number of carbonyl (C=O) groups is 2. The van der Waals surface area contributed by atoms with Gasteiger partial charge in [0.25, 0.3) is 0 Å². The zero-order valence-corrected chi connectivity index (χ0v) is 13.1. The summed E-state index contributed by atoms with van der Waals surface area (Å²) in [6, 6.07) is 5.84. The summed E-state index contributed by atoms with van der Waals surface area (Å²) in [5.41, 5.74) is 1.94. The predicted octanol–water partition coefficient (Wildman–Crippen LogP) is 2.61. The van der Waals surface area contributed by atoms with Crippen LogP contribution in [0.2, 0.25) is 0 Å². The van der Waals surface area contributed by atoms with E-state index in [9.17, 15) is 9.59 Å². The highest BCUT2D eigenvalue weighted by molar-refractivity contribution is 9.10. The summed E-state index contributed by atoms with van der Waals surface area (Å²) in [7, 11) is 0. The smallest absolute Gasteiger partial charge is 0.238 e. The number of anilines is 1. The summed E-state index contributed by atoms with van der Waals surface area (Å²) in [5, 5.41) is 2.91. The number of benzene rings is 1. The first-order valence-electron chi connectivity index (χ1n) is 6.82. The van der Waals surface area contributed by atoms with Gasteiger partial charge in [-0.15, -0.1) is 0 Å². The van der Waals surface area contributed by atoms with Gasteiger partial charge in [-0.3, -0.25) is 9.69 Å². The average molecular weight is 339 g/mol. The molecule has 1 N–H and O–H groups in total. The van der Waals surface area contributed by atoms with Gasteiger partial charge in [0.15, 0.2) is 0 Å². The van der Waals surface area contributed by atoms with Crippen molar-refractivity contribution in [2.45, 2.75) is 19.8 Å². The maximum atomic E-state index is 12.0. The molecule has 1 amide bonds. The molecule has 1 fully saturated rings. The number of rotatable bonds is 4. The molecule has 0 atom stereocenters. The number of nitrogens with one attached hydrogen (secondary N) is 1. The summed E-state index contributed by atoms with van der Waals surface area (Å²) < 4.78 is 0.894. The predicted molar refractivity (Wildman–Crippen MR) is 82.7 cm³/mol. The Hall–Kier alpha value is -1.20. The maximum Gasteiger partial charge on any atom is 0.238 e. The van der Waals surface area contributed by atoms with E-state index in [0.717, 1.165) is 47.9 Å². The number of likely N-dealkylation sites (tertiary alicyclic amines) is 1. The number of aldehydes is 1. The Labute approximate surface area is 127 Å². The molecule has 0 aromatic heterocycles. The van der Waals surface area contributed by atoms with Crippen LogP contribution in [0.15, 0.2) is 22.7 Å².